The zero-order chi connectivity index (χ0) is 59.5. The van der Waals surface area contributed by atoms with Crippen molar-refractivity contribution in [2.75, 3.05) is 23.8 Å². The monoisotopic (exact) mass is 1150 g/mol. The zero-order valence-electron chi connectivity index (χ0n) is 51.5. The molecule has 0 saturated heterocycles. The fraction of sp³-hybridized carbons (Fsp3) is 0.412. The van der Waals surface area contributed by atoms with Crippen LogP contribution in [-0.4, -0.2) is 82.7 Å². The molecular formula is C68H82N16O2. The van der Waals surface area contributed by atoms with Crippen LogP contribution in [0.15, 0.2) is 97.1 Å². The Balaban J connectivity index is 1.17. The van der Waals surface area contributed by atoms with Gasteiger partial charge in [0.15, 0.2) is 0 Å². The molecule has 446 valence electrons. The van der Waals surface area contributed by atoms with Crippen LogP contribution in [0, 0.1) is 27.7 Å². The number of anilines is 4. The molecule has 0 amide bonds. The van der Waals surface area contributed by atoms with E-state index in [0.29, 0.717) is 25.1 Å². The Morgan fingerprint density at radius 1 is 0.395 bits per heavy atom. The lowest BCUT2D eigenvalue weighted by Crippen LogP contribution is -2.10. The number of nitrogens with one attached hydrogen (secondary N) is 2. The summed E-state index contributed by atoms with van der Waals surface area (Å²) in [5.41, 5.74) is 14.3. The third kappa shape index (κ3) is 12.9. The molecular weight excluding hydrogens is 1070 g/mol. The highest BCUT2D eigenvalue weighted by molar-refractivity contribution is 6.32. The number of nitrogens with zero attached hydrogens (tertiary/aromatic N) is 14. The molecule has 18 nitrogen and oxygen atoms in total. The van der Waals surface area contributed by atoms with E-state index in [1.165, 1.54) is 25.7 Å². The van der Waals surface area contributed by atoms with Gasteiger partial charge in [0.25, 0.3) is 23.8 Å². The highest BCUT2D eigenvalue weighted by Gasteiger charge is 2.29. The fourth-order valence-electron chi connectivity index (χ4n) is 12.1. The standard InChI is InChI=1S/C68H82N16O2/c1-9-13-17-21-37-81-57-35-29-51(69-65-71-75-67(76-72-65)83-47(7)41-45(5)79-83)43-55(57)61-60(50-27-33-54(34-28-50)86-40-24-20-16-12-4)64-62(59(63(61)81)49-25-31-53(32-26-49)85-39-23-19-15-11-3)56-44-52(30-36-58(56)82(64)38-22-18-14-10-2)70-66-73-77-68(78-74-66)84-48(8)42-46(6)80-84/h25-36,41-44H,9-24,37-40H2,1-8H3,(H,69,71,72)(H,70,73,74). The van der Waals surface area contributed by atoms with Crippen LogP contribution in [0.3, 0.4) is 0 Å². The maximum Gasteiger partial charge on any atom is 0.289 e. The molecule has 0 aliphatic heterocycles. The number of aromatic nitrogens is 14. The molecule has 18 heteroatoms. The fourth-order valence-corrected chi connectivity index (χ4v) is 12.1. The van der Waals surface area contributed by atoms with E-state index in [1.807, 2.05) is 39.8 Å². The van der Waals surface area contributed by atoms with Crippen molar-refractivity contribution < 1.29 is 9.47 Å². The topological polar surface area (TPSA) is 191 Å². The summed E-state index contributed by atoms with van der Waals surface area (Å²) >= 11 is 0. The quantitative estimate of drug-likeness (QED) is 0.0404. The summed E-state index contributed by atoms with van der Waals surface area (Å²) in [5, 5.41) is 56.7. The lowest BCUT2D eigenvalue weighted by atomic mass is 9.89. The molecule has 0 spiro atoms. The molecule has 11 aromatic rings. The van der Waals surface area contributed by atoms with E-state index < -0.39 is 0 Å². The van der Waals surface area contributed by atoms with Crippen molar-refractivity contribution in [3.63, 3.8) is 0 Å². The molecule has 11 rings (SSSR count). The van der Waals surface area contributed by atoms with Gasteiger partial charge in [0.1, 0.15) is 11.5 Å². The average Bonchev–Trinajstić information content (AvgIpc) is 1.83. The van der Waals surface area contributed by atoms with Gasteiger partial charge in [0, 0.05) is 79.6 Å². The molecule has 6 aromatic heterocycles. The molecule has 0 radical (unpaired) electrons. The van der Waals surface area contributed by atoms with Gasteiger partial charge < -0.3 is 29.2 Å². The van der Waals surface area contributed by atoms with Crippen LogP contribution >= 0.6 is 0 Å². The number of rotatable bonds is 30. The van der Waals surface area contributed by atoms with Gasteiger partial charge in [0.2, 0.25) is 0 Å². The summed E-state index contributed by atoms with van der Waals surface area (Å²) in [6, 6.07) is 34.9. The lowest BCUT2D eigenvalue weighted by Gasteiger charge is -2.19. The van der Waals surface area contributed by atoms with E-state index in [1.54, 1.807) is 9.36 Å². The summed E-state index contributed by atoms with van der Waals surface area (Å²) in [6.07, 6.45) is 17.9. The second kappa shape index (κ2) is 27.5. The minimum Gasteiger partial charge on any atom is -0.494 e. The zero-order valence-corrected chi connectivity index (χ0v) is 51.5. The first kappa shape index (κ1) is 59.0. The van der Waals surface area contributed by atoms with Crippen molar-refractivity contribution in [3.05, 3.63) is 120 Å². The number of unbranched alkanes of at least 4 members (excludes halogenated alkanes) is 12. The molecule has 6 heterocycles. The van der Waals surface area contributed by atoms with E-state index >= 15 is 0 Å². The third-order valence-corrected chi connectivity index (χ3v) is 16.2. The first-order valence-electron chi connectivity index (χ1n) is 31.4. The summed E-state index contributed by atoms with van der Waals surface area (Å²) < 4.78 is 21.4. The van der Waals surface area contributed by atoms with Crippen molar-refractivity contribution in [2.24, 2.45) is 0 Å². The van der Waals surface area contributed by atoms with Crippen LogP contribution in [0.5, 0.6) is 11.5 Å². The molecule has 0 bridgehead atoms. The van der Waals surface area contributed by atoms with Gasteiger partial charge in [-0.15, -0.1) is 40.8 Å². The molecule has 5 aromatic carbocycles. The summed E-state index contributed by atoms with van der Waals surface area (Å²) in [6.45, 7) is 19.8. The summed E-state index contributed by atoms with van der Waals surface area (Å²) in [4.78, 5) is 0. The maximum atomic E-state index is 6.46. The number of hydrogen-bond acceptors (Lipinski definition) is 14. The Labute approximate surface area is 504 Å². The SMILES string of the molecule is CCCCCCOc1ccc(-c2c3c4cc(Nc5nnc(-n6nc(C)cc6C)nn5)ccc4n(CCCCCC)c3c(-c3ccc(OCCCCCC)cc3)c3c4cc(Nc5nnc(-n6nc(C)cc6C)nn5)ccc4n(CCCCCC)c23)cc1. The Hall–Kier alpha value is -8.80. The van der Waals surface area contributed by atoms with Gasteiger partial charge in [-0.25, -0.2) is 9.36 Å². The Morgan fingerprint density at radius 3 is 1.12 bits per heavy atom. The summed E-state index contributed by atoms with van der Waals surface area (Å²) in [5.74, 6) is 2.91. The lowest BCUT2D eigenvalue weighted by molar-refractivity contribution is 0.305. The van der Waals surface area contributed by atoms with Crippen molar-refractivity contribution in [1.82, 2.24) is 69.5 Å². The molecule has 0 atom stereocenters. The molecule has 0 aliphatic rings. The van der Waals surface area contributed by atoms with Crippen molar-refractivity contribution in [3.8, 4) is 45.6 Å². The predicted octanol–water partition coefficient (Wildman–Crippen LogP) is 16.6. The number of ether oxygens (including phenoxy) is 2. The van der Waals surface area contributed by atoms with E-state index in [0.717, 1.165) is 202 Å². The Kier molecular flexibility index (Phi) is 18.8. The normalized spacial score (nSPS) is 11.7. The first-order valence-corrected chi connectivity index (χ1v) is 31.4. The van der Waals surface area contributed by atoms with Crippen molar-refractivity contribution in [1.29, 1.82) is 0 Å². The van der Waals surface area contributed by atoms with Crippen molar-refractivity contribution >= 4 is 66.9 Å². The molecule has 0 unspecified atom stereocenters. The van der Waals surface area contributed by atoms with Crippen LogP contribution in [0.4, 0.5) is 23.3 Å². The third-order valence-electron chi connectivity index (χ3n) is 16.2. The maximum absolute atomic E-state index is 6.46. The van der Waals surface area contributed by atoms with Gasteiger partial charge in [0.05, 0.1) is 35.6 Å². The van der Waals surface area contributed by atoms with Gasteiger partial charge >= 0.3 is 0 Å². The van der Waals surface area contributed by atoms with Crippen molar-refractivity contribution in [2.45, 2.75) is 171 Å². The minimum atomic E-state index is 0.284. The van der Waals surface area contributed by atoms with E-state index in [-0.39, 0.29) is 11.9 Å². The second-order valence-electron chi connectivity index (χ2n) is 22.9. The van der Waals surface area contributed by atoms with E-state index in [4.69, 9.17) is 9.47 Å². The van der Waals surface area contributed by atoms with Crippen LogP contribution < -0.4 is 20.1 Å². The van der Waals surface area contributed by atoms with Gasteiger partial charge in [-0.05, 0) is 137 Å². The number of benzene rings is 5. The van der Waals surface area contributed by atoms with Crippen LogP contribution in [0.2, 0.25) is 0 Å². The van der Waals surface area contributed by atoms with Gasteiger partial charge in [-0.1, -0.05) is 129 Å². The first-order chi connectivity index (χ1) is 42.1. The van der Waals surface area contributed by atoms with Crippen LogP contribution in [0.25, 0.3) is 77.8 Å². The average molecular weight is 1160 g/mol. The smallest absolute Gasteiger partial charge is 0.289 e. The Bertz CT molecular complexity index is 3790. The molecule has 0 fully saturated rings. The minimum absolute atomic E-state index is 0.284. The molecule has 0 saturated carbocycles. The highest BCUT2D eigenvalue weighted by atomic mass is 16.5. The predicted molar refractivity (Wildman–Crippen MR) is 346 cm³/mol. The molecule has 2 N–H and O–H groups in total. The van der Waals surface area contributed by atoms with Gasteiger partial charge in [-0.2, -0.15) is 10.2 Å². The Morgan fingerprint density at radius 2 is 0.767 bits per heavy atom. The summed E-state index contributed by atoms with van der Waals surface area (Å²) in [7, 11) is 0. The second-order valence-corrected chi connectivity index (χ2v) is 22.9. The van der Waals surface area contributed by atoms with Crippen LogP contribution in [0.1, 0.15) is 153 Å². The van der Waals surface area contributed by atoms with E-state index in [9.17, 15) is 0 Å². The van der Waals surface area contributed by atoms with Gasteiger partial charge in [-0.3, -0.25) is 0 Å². The number of fused-ring (bicyclic) bond motifs is 6. The number of hydrogen-bond donors (Lipinski definition) is 2. The largest absolute Gasteiger partial charge is 0.494 e. The molecule has 86 heavy (non-hydrogen) atoms. The van der Waals surface area contributed by atoms with E-state index in [2.05, 4.69) is 183 Å². The number of aryl methyl sites for hydroxylation is 6. The van der Waals surface area contributed by atoms with Crippen LogP contribution in [-0.2, 0) is 13.1 Å². The highest BCUT2D eigenvalue weighted by Crippen LogP contribution is 2.52. The molecule has 0 aliphatic carbocycles.